The molecule has 0 bridgehead atoms. The second-order valence-electron chi connectivity index (χ2n) is 9.17. The zero-order chi connectivity index (χ0) is 25.9. The molecule has 0 amide bonds. The number of nitrogens with two attached hydrogens (primary N) is 1. The summed E-state index contributed by atoms with van der Waals surface area (Å²) in [7, 11) is 0. The van der Waals surface area contributed by atoms with Crippen LogP contribution in [0.4, 0.5) is 11.4 Å². The topological polar surface area (TPSA) is 73.9 Å². The summed E-state index contributed by atoms with van der Waals surface area (Å²) in [4.78, 5) is 0. The maximum atomic E-state index is 9.55. The van der Waals surface area contributed by atoms with Gasteiger partial charge in [-0.3, -0.25) is 0 Å². The highest BCUT2D eigenvalue weighted by Crippen LogP contribution is 2.37. The van der Waals surface area contributed by atoms with Gasteiger partial charge in [-0.25, -0.2) is 0 Å². The smallest absolute Gasteiger partial charge is 0.0941 e. The molecular formula is C32H38N4. The minimum Gasteiger partial charge on any atom is -0.397 e. The van der Waals surface area contributed by atoms with Crippen LogP contribution in [0.5, 0.6) is 0 Å². The van der Waals surface area contributed by atoms with E-state index in [4.69, 9.17) is 5.73 Å². The lowest BCUT2D eigenvalue weighted by Gasteiger charge is -2.24. The van der Waals surface area contributed by atoms with Crippen molar-refractivity contribution in [3.8, 4) is 6.07 Å². The molecule has 0 radical (unpaired) electrons. The van der Waals surface area contributed by atoms with Crippen LogP contribution in [0, 0.1) is 18.3 Å². The van der Waals surface area contributed by atoms with Crippen molar-refractivity contribution in [3.63, 3.8) is 0 Å². The second-order valence-corrected chi connectivity index (χ2v) is 9.17. The molecule has 3 rings (SSSR count). The third kappa shape index (κ3) is 6.79. The first-order valence-electron chi connectivity index (χ1n) is 12.7. The monoisotopic (exact) mass is 478 g/mol. The van der Waals surface area contributed by atoms with E-state index in [-0.39, 0.29) is 5.92 Å². The van der Waals surface area contributed by atoms with Gasteiger partial charge in [0.2, 0.25) is 0 Å². The summed E-state index contributed by atoms with van der Waals surface area (Å²) in [5.74, 6) is 0.00551. The van der Waals surface area contributed by atoms with Crippen molar-refractivity contribution >= 4 is 11.4 Å². The maximum absolute atomic E-state index is 9.55. The fourth-order valence-electron chi connectivity index (χ4n) is 4.74. The summed E-state index contributed by atoms with van der Waals surface area (Å²) < 4.78 is 0. The van der Waals surface area contributed by atoms with E-state index in [0.717, 1.165) is 54.9 Å². The zero-order valence-corrected chi connectivity index (χ0v) is 21.6. The standard InChI is InChI=1S/C32H38N4/c1-5-35-19-18-26-14-15-28(21-27(26)13-12-25-10-8-7-9-11-25)30(20-23(3)22-33)29-16-17-31(36-6-2)32(34)24(29)4/h5,7-11,14-17,21,30,35-36H,1,3,6,12-13,18-20,34H2,2,4H3. The number of allylic oxidation sites excluding steroid dienone is 1. The van der Waals surface area contributed by atoms with Crippen molar-refractivity contribution < 1.29 is 0 Å². The van der Waals surface area contributed by atoms with Crippen LogP contribution in [0.15, 0.2) is 85.6 Å². The number of hydrogen-bond donors (Lipinski definition) is 3. The third-order valence-electron chi connectivity index (χ3n) is 6.75. The molecule has 4 nitrogen and oxygen atoms in total. The van der Waals surface area contributed by atoms with E-state index < -0.39 is 0 Å². The first-order chi connectivity index (χ1) is 17.5. The molecule has 3 aromatic rings. The van der Waals surface area contributed by atoms with Gasteiger partial charge in [-0.1, -0.05) is 67.8 Å². The Hall–Kier alpha value is -3.97. The van der Waals surface area contributed by atoms with Gasteiger partial charge in [0.05, 0.1) is 17.4 Å². The number of nitrogens with one attached hydrogen (secondary N) is 2. The van der Waals surface area contributed by atoms with Gasteiger partial charge in [0, 0.05) is 24.6 Å². The number of rotatable bonds is 13. The van der Waals surface area contributed by atoms with E-state index in [2.05, 4.69) is 104 Å². The van der Waals surface area contributed by atoms with Crippen molar-refractivity contribution in [1.29, 1.82) is 5.26 Å². The summed E-state index contributed by atoms with van der Waals surface area (Å²) in [5.41, 5.74) is 16.2. The van der Waals surface area contributed by atoms with Crippen molar-refractivity contribution in [2.45, 2.75) is 45.4 Å². The van der Waals surface area contributed by atoms with E-state index in [1.54, 1.807) is 6.20 Å². The Morgan fingerprint density at radius 3 is 2.53 bits per heavy atom. The van der Waals surface area contributed by atoms with Crippen LogP contribution in [0.1, 0.15) is 52.6 Å². The minimum absolute atomic E-state index is 0.00551. The number of nitrogen functional groups attached to an aromatic ring is 1. The van der Waals surface area contributed by atoms with Crippen LogP contribution in [0.25, 0.3) is 0 Å². The van der Waals surface area contributed by atoms with E-state index in [1.165, 1.54) is 22.3 Å². The minimum atomic E-state index is 0.00551. The van der Waals surface area contributed by atoms with E-state index >= 15 is 0 Å². The van der Waals surface area contributed by atoms with Crippen molar-refractivity contribution in [3.05, 3.63) is 119 Å². The SMILES string of the molecule is C=CNCCc1ccc(C(CC(=C)C#N)c2ccc(NCC)c(N)c2C)cc1CCc1ccccc1. The van der Waals surface area contributed by atoms with Gasteiger partial charge in [0.1, 0.15) is 0 Å². The molecule has 36 heavy (non-hydrogen) atoms. The van der Waals surface area contributed by atoms with E-state index in [0.29, 0.717) is 12.0 Å². The largest absolute Gasteiger partial charge is 0.397 e. The van der Waals surface area contributed by atoms with Crippen LogP contribution in [-0.4, -0.2) is 13.1 Å². The molecule has 0 saturated carbocycles. The molecule has 0 spiro atoms. The lowest BCUT2D eigenvalue weighted by atomic mass is 9.81. The molecule has 186 valence electrons. The number of hydrogen-bond acceptors (Lipinski definition) is 4. The first kappa shape index (κ1) is 26.6. The Bertz CT molecular complexity index is 1220. The summed E-state index contributed by atoms with van der Waals surface area (Å²) in [6.45, 7) is 13.6. The number of nitrogens with zero attached hydrogens (tertiary/aromatic N) is 1. The van der Waals surface area contributed by atoms with Crippen molar-refractivity contribution in [2.24, 2.45) is 0 Å². The van der Waals surface area contributed by atoms with Gasteiger partial charge in [-0.15, -0.1) is 0 Å². The predicted molar refractivity (Wildman–Crippen MR) is 153 cm³/mol. The summed E-state index contributed by atoms with van der Waals surface area (Å²) >= 11 is 0. The highest BCUT2D eigenvalue weighted by atomic mass is 14.9. The van der Waals surface area contributed by atoms with Crippen LogP contribution in [-0.2, 0) is 19.3 Å². The lowest BCUT2D eigenvalue weighted by molar-refractivity contribution is 0.790. The summed E-state index contributed by atoms with van der Waals surface area (Å²) in [6, 6.07) is 23.8. The lowest BCUT2D eigenvalue weighted by Crippen LogP contribution is -2.12. The summed E-state index contributed by atoms with van der Waals surface area (Å²) in [5, 5.41) is 16.1. The number of anilines is 2. The normalized spacial score (nSPS) is 11.4. The predicted octanol–water partition coefficient (Wildman–Crippen LogP) is 6.67. The van der Waals surface area contributed by atoms with Crippen molar-refractivity contribution in [2.75, 3.05) is 24.1 Å². The van der Waals surface area contributed by atoms with Crippen LogP contribution >= 0.6 is 0 Å². The van der Waals surface area contributed by atoms with Gasteiger partial charge in [-0.05, 0) is 85.2 Å². The average molecular weight is 479 g/mol. The van der Waals surface area contributed by atoms with Crippen LogP contribution < -0.4 is 16.4 Å². The van der Waals surface area contributed by atoms with Gasteiger partial charge < -0.3 is 16.4 Å². The zero-order valence-electron chi connectivity index (χ0n) is 21.6. The second kappa shape index (κ2) is 13.2. The fourth-order valence-corrected chi connectivity index (χ4v) is 4.74. The molecule has 0 aliphatic carbocycles. The molecular weight excluding hydrogens is 440 g/mol. The maximum Gasteiger partial charge on any atom is 0.0941 e. The molecule has 4 heteroatoms. The highest BCUT2D eigenvalue weighted by molar-refractivity contribution is 5.72. The molecule has 1 unspecified atom stereocenters. The van der Waals surface area contributed by atoms with Gasteiger partial charge in [-0.2, -0.15) is 5.26 Å². The van der Waals surface area contributed by atoms with E-state index in [9.17, 15) is 5.26 Å². The van der Waals surface area contributed by atoms with E-state index in [1.807, 2.05) is 0 Å². The average Bonchev–Trinajstić information content (AvgIpc) is 2.90. The van der Waals surface area contributed by atoms with Gasteiger partial charge in [0.15, 0.2) is 0 Å². The molecule has 4 N–H and O–H groups in total. The Kier molecular flexibility index (Phi) is 9.77. The third-order valence-corrected chi connectivity index (χ3v) is 6.75. The number of nitriles is 1. The molecule has 0 aromatic heterocycles. The quantitative estimate of drug-likeness (QED) is 0.146. The molecule has 0 heterocycles. The fraction of sp³-hybridized carbons (Fsp3) is 0.281. The highest BCUT2D eigenvalue weighted by Gasteiger charge is 2.21. The Balaban J connectivity index is 2.03. The van der Waals surface area contributed by atoms with Gasteiger partial charge >= 0.3 is 0 Å². The Morgan fingerprint density at radius 2 is 1.83 bits per heavy atom. The Labute approximate surface area is 216 Å². The summed E-state index contributed by atoms with van der Waals surface area (Å²) in [6.07, 6.45) is 5.16. The van der Waals surface area contributed by atoms with Gasteiger partial charge in [0.25, 0.3) is 0 Å². The molecule has 3 aromatic carbocycles. The van der Waals surface area contributed by atoms with Crippen LogP contribution in [0.3, 0.4) is 0 Å². The van der Waals surface area contributed by atoms with Crippen LogP contribution in [0.2, 0.25) is 0 Å². The molecule has 0 saturated heterocycles. The molecule has 1 atom stereocenters. The Morgan fingerprint density at radius 1 is 1.06 bits per heavy atom. The molecule has 0 fully saturated rings. The first-order valence-corrected chi connectivity index (χ1v) is 12.7. The van der Waals surface area contributed by atoms with Crippen molar-refractivity contribution in [1.82, 2.24) is 5.32 Å². The molecule has 0 aliphatic rings. The number of benzene rings is 3. The number of aryl methyl sites for hydroxylation is 2. The molecule has 0 aliphatic heterocycles.